The molecule has 2 rings (SSSR count). The van der Waals surface area contributed by atoms with Crippen molar-refractivity contribution in [2.75, 3.05) is 20.3 Å². The second-order valence-electron chi connectivity index (χ2n) is 5.32. The lowest BCUT2D eigenvalue weighted by Crippen LogP contribution is -2.29. The van der Waals surface area contributed by atoms with Crippen molar-refractivity contribution in [3.05, 3.63) is 65.5 Å². The molecule has 0 saturated carbocycles. The van der Waals surface area contributed by atoms with Gasteiger partial charge >= 0.3 is 0 Å². The molecule has 0 aliphatic heterocycles. The summed E-state index contributed by atoms with van der Waals surface area (Å²) in [5.74, 6) is -0.560. The van der Waals surface area contributed by atoms with Gasteiger partial charge in [-0.1, -0.05) is 30.3 Å². The van der Waals surface area contributed by atoms with E-state index in [4.69, 9.17) is 4.74 Å². The van der Waals surface area contributed by atoms with Crippen molar-refractivity contribution in [2.45, 2.75) is 13.0 Å². The van der Waals surface area contributed by atoms with Crippen LogP contribution in [0, 0.1) is 0 Å². The second kappa shape index (κ2) is 8.79. The van der Waals surface area contributed by atoms with Gasteiger partial charge in [0.2, 0.25) is 0 Å². The Balaban J connectivity index is 2.02. The summed E-state index contributed by atoms with van der Waals surface area (Å²) >= 11 is 0. The quantitative estimate of drug-likeness (QED) is 0.762. The number of pyridine rings is 1. The largest absolute Gasteiger partial charge is 0.383 e. The first-order chi connectivity index (χ1) is 11.6. The number of aromatic nitrogens is 1. The van der Waals surface area contributed by atoms with E-state index >= 15 is 0 Å². The summed E-state index contributed by atoms with van der Waals surface area (Å²) in [6, 6.07) is 11.1. The summed E-state index contributed by atoms with van der Waals surface area (Å²) in [4.78, 5) is 28.3. The first kappa shape index (κ1) is 17.6. The monoisotopic (exact) mass is 327 g/mol. The summed E-state index contributed by atoms with van der Waals surface area (Å²) in [5.41, 5.74) is 1.69. The first-order valence-corrected chi connectivity index (χ1v) is 7.70. The van der Waals surface area contributed by atoms with Gasteiger partial charge in [-0.05, 0) is 18.6 Å². The Morgan fingerprint density at radius 3 is 2.46 bits per heavy atom. The highest BCUT2D eigenvalue weighted by molar-refractivity contribution is 5.99. The number of nitrogens with one attached hydrogen (secondary N) is 2. The summed E-state index contributed by atoms with van der Waals surface area (Å²) < 4.78 is 4.88. The van der Waals surface area contributed by atoms with Crippen molar-refractivity contribution in [1.29, 1.82) is 0 Å². The highest BCUT2D eigenvalue weighted by atomic mass is 16.5. The van der Waals surface area contributed by atoms with E-state index in [9.17, 15) is 9.59 Å². The zero-order valence-corrected chi connectivity index (χ0v) is 13.8. The molecule has 2 N–H and O–H groups in total. The Morgan fingerprint density at radius 1 is 1.12 bits per heavy atom. The number of carbonyl (C=O) groups excluding carboxylic acids is 2. The van der Waals surface area contributed by atoms with E-state index in [1.165, 1.54) is 18.5 Å². The summed E-state index contributed by atoms with van der Waals surface area (Å²) in [6.07, 6.45) is 2.87. The normalized spacial score (nSPS) is 11.6. The van der Waals surface area contributed by atoms with E-state index in [1.807, 2.05) is 37.3 Å². The number of nitrogens with zero attached hydrogens (tertiary/aromatic N) is 1. The van der Waals surface area contributed by atoms with Gasteiger partial charge in [-0.15, -0.1) is 0 Å². The molecule has 0 fully saturated rings. The summed E-state index contributed by atoms with van der Waals surface area (Å²) in [5, 5.41) is 5.60. The summed E-state index contributed by atoms with van der Waals surface area (Å²) in [7, 11) is 1.56. The predicted molar refractivity (Wildman–Crippen MR) is 90.8 cm³/mol. The maximum atomic E-state index is 12.4. The summed E-state index contributed by atoms with van der Waals surface area (Å²) in [6.45, 7) is 2.73. The van der Waals surface area contributed by atoms with Crippen LogP contribution in [0.1, 0.15) is 39.2 Å². The number of ether oxygens (including phenoxy) is 1. The van der Waals surface area contributed by atoms with Crippen molar-refractivity contribution >= 4 is 11.8 Å². The van der Waals surface area contributed by atoms with Crippen molar-refractivity contribution in [3.63, 3.8) is 0 Å². The SMILES string of the molecule is COCCNC(=O)c1cncc(C(=O)NC(C)c2ccccc2)c1. The molecular formula is C18H21N3O3. The third kappa shape index (κ3) is 4.89. The molecule has 1 aromatic heterocycles. The Kier molecular flexibility index (Phi) is 6.45. The van der Waals surface area contributed by atoms with Gasteiger partial charge in [-0.2, -0.15) is 0 Å². The number of hydrogen-bond acceptors (Lipinski definition) is 4. The fraction of sp³-hybridized carbons (Fsp3) is 0.278. The maximum absolute atomic E-state index is 12.4. The number of rotatable bonds is 7. The van der Waals surface area contributed by atoms with E-state index in [1.54, 1.807) is 7.11 Å². The first-order valence-electron chi connectivity index (χ1n) is 7.70. The molecule has 0 saturated heterocycles. The third-order valence-corrected chi connectivity index (χ3v) is 3.50. The van der Waals surface area contributed by atoms with Gasteiger partial charge in [0.05, 0.1) is 23.8 Å². The molecule has 6 nitrogen and oxygen atoms in total. The molecule has 1 heterocycles. The van der Waals surface area contributed by atoms with Crippen LogP contribution in [0.4, 0.5) is 0 Å². The van der Waals surface area contributed by atoms with E-state index < -0.39 is 0 Å². The van der Waals surface area contributed by atoms with Crippen LogP contribution in [0.25, 0.3) is 0 Å². The van der Waals surface area contributed by atoms with Gasteiger partial charge in [0.15, 0.2) is 0 Å². The Hall–Kier alpha value is -2.73. The Bertz CT molecular complexity index is 689. The molecule has 6 heteroatoms. The molecule has 2 amide bonds. The zero-order chi connectivity index (χ0) is 17.4. The van der Waals surface area contributed by atoms with Gasteiger partial charge in [0, 0.05) is 26.0 Å². The van der Waals surface area contributed by atoms with E-state index in [0.29, 0.717) is 24.3 Å². The molecule has 0 radical (unpaired) electrons. The van der Waals surface area contributed by atoms with Crippen molar-refractivity contribution in [1.82, 2.24) is 15.6 Å². The molecule has 1 atom stereocenters. The standard InChI is InChI=1S/C18H21N3O3/c1-13(14-6-4-3-5-7-14)21-18(23)16-10-15(11-19-12-16)17(22)20-8-9-24-2/h3-7,10-13H,8-9H2,1-2H3,(H,20,22)(H,21,23). The maximum Gasteiger partial charge on any atom is 0.253 e. The lowest BCUT2D eigenvalue weighted by atomic mass is 10.1. The van der Waals surface area contributed by atoms with Crippen molar-refractivity contribution in [2.24, 2.45) is 0 Å². The van der Waals surface area contributed by atoms with Crippen LogP contribution >= 0.6 is 0 Å². The molecule has 1 aromatic carbocycles. The van der Waals surface area contributed by atoms with Crippen LogP contribution in [0.5, 0.6) is 0 Å². The molecule has 0 aliphatic rings. The number of hydrogen-bond donors (Lipinski definition) is 2. The van der Waals surface area contributed by atoms with E-state index in [2.05, 4.69) is 15.6 Å². The van der Waals surface area contributed by atoms with Crippen LogP contribution in [0.3, 0.4) is 0 Å². The smallest absolute Gasteiger partial charge is 0.253 e. The van der Waals surface area contributed by atoms with Gasteiger partial charge in [0.25, 0.3) is 11.8 Å². The van der Waals surface area contributed by atoms with Crippen LogP contribution in [0.15, 0.2) is 48.8 Å². The number of benzene rings is 1. The minimum atomic E-state index is -0.287. The average Bonchev–Trinajstić information content (AvgIpc) is 2.62. The minimum Gasteiger partial charge on any atom is -0.383 e. The van der Waals surface area contributed by atoms with E-state index in [-0.39, 0.29) is 17.9 Å². The van der Waals surface area contributed by atoms with Crippen molar-refractivity contribution < 1.29 is 14.3 Å². The fourth-order valence-electron chi connectivity index (χ4n) is 2.16. The highest BCUT2D eigenvalue weighted by Crippen LogP contribution is 2.12. The van der Waals surface area contributed by atoms with Crippen molar-refractivity contribution in [3.8, 4) is 0 Å². The van der Waals surface area contributed by atoms with Gasteiger partial charge < -0.3 is 15.4 Å². The van der Waals surface area contributed by atoms with Crippen LogP contribution in [0.2, 0.25) is 0 Å². The topological polar surface area (TPSA) is 80.3 Å². The molecule has 24 heavy (non-hydrogen) atoms. The van der Waals surface area contributed by atoms with Crippen LogP contribution in [-0.4, -0.2) is 37.1 Å². The van der Waals surface area contributed by atoms with Gasteiger partial charge in [-0.25, -0.2) is 0 Å². The number of amides is 2. The molecular weight excluding hydrogens is 306 g/mol. The zero-order valence-electron chi connectivity index (χ0n) is 13.8. The third-order valence-electron chi connectivity index (χ3n) is 3.50. The highest BCUT2D eigenvalue weighted by Gasteiger charge is 2.14. The fourth-order valence-corrected chi connectivity index (χ4v) is 2.16. The molecule has 1 unspecified atom stereocenters. The molecule has 0 aliphatic carbocycles. The predicted octanol–water partition coefficient (Wildman–Crippen LogP) is 1.95. The minimum absolute atomic E-state index is 0.141. The van der Waals surface area contributed by atoms with Crippen LogP contribution < -0.4 is 10.6 Å². The second-order valence-corrected chi connectivity index (χ2v) is 5.32. The average molecular weight is 327 g/mol. The van der Waals surface area contributed by atoms with Gasteiger partial charge in [0.1, 0.15) is 0 Å². The van der Waals surface area contributed by atoms with Crippen LogP contribution in [-0.2, 0) is 4.74 Å². The molecule has 2 aromatic rings. The number of methoxy groups -OCH3 is 1. The molecule has 126 valence electrons. The Labute approximate surface area is 141 Å². The Morgan fingerprint density at radius 2 is 1.79 bits per heavy atom. The lowest BCUT2D eigenvalue weighted by Gasteiger charge is -2.14. The lowest BCUT2D eigenvalue weighted by molar-refractivity contribution is 0.0936. The van der Waals surface area contributed by atoms with E-state index in [0.717, 1.165) is 5.56 Å². The number of carbonyl (C=O) groups is 2. The van der Waals surface area contributed by atoms with Gasteiger partial charge in [-0.3, -0.25) is 14.6 Å². The molecule has 0 spiro atoms. The molecule has 0 bridgehead atoms.